The van der Waals surface area contributed by atoms with Crippen molar-refractivity contribution in [3.63, 3.8) is 0 Å². The third kappa shape index (κ3) is 5.57. The number of nitrogens with two attached hydrogens (primary N) is 1. The molecule has 1 unspecified atom stereocenters. The topological polar surface area (TPSA) is 188 Å². The lowest BCUT2D eigenvalue weighted by Gasteiger charge is -2.17. The van der Waals surface area contributed by atoms with Crippen LogP contribution >= 0.6 is 0 Å². The number of alkyl carbamates (subject to hydrolysis) is 1. The quantitative estimate of drug-likeness (QED) is 0.358. The molecule has 172 valence electrons. The molecule has 1 aliphatic rings. The van der Waals surface area contributed by atoms with E-state index in [4.69, 9.17) is 19.9 Å². The maximum Gasteiger partial charge on any atom is 0.408 e. The van der Waals surface area contributed by atoms with Crippen LogP contribution in [0.1, 0.15) is 29.3 Å². The number of aliphatic hydroxyl groups is 2. The van der Waals surface area contributed by atoms with Gasteiger partial charge in [-0.1, -0.05) is 30.3 Å². The lowest BCUT2D eigenvalue weighted by atomic mass is 10.1. The number of rotatable bonds is 8. The zero-order valence-corrected chi connectivity index (χ0v) is 17.0. The van der Waals surface area contributed by atoms with Crippen LogP contribution in [-0.4, -0.2) is 73.9 Å². The highest BCUT2D eigenvalue weighted by Crippen LogP contribution is 2.29. The van der Waals surface area contributed by atoms with E-state index in [0.717, 1.165) is 16.6 Å². The Morgan fingerprint density at radius 3 is 2.59 bits per heavy atom. The van der Waals surface area contributed by atoms with Crippen LogP contribution in [0.5, 0.6) is 0 Å². The predicted octanol–water partition coefficient (Wildman–Crippen LogP) is -1.15. The maximum absolute atomic E-state index is 12.2. The summed E-state index contributed by atoms with van der Waals surface area (Å²) in [6, 6.07) is 7.97. The fourth-order valence-electron chi connectivity index (χ4n) is 2.89. The molecule has 3 rings (SSSR count). The predicted molar refractivity (Wildman–Crippen MR) is 105 cm³/mol. The van der Waals surface area contributed by atoms with Gasteiger partial charge in [0.2, 0.25) is 5.82 Å². The number of nitrogens with zero attached hydrogens (tertiary/aromatic N) is 3. The van der Waals surface area contributed by atoms with Gasteiger partial charge in [-0.25, -0.2) is 19.3 Å². The van der Waals surface area contributed by atoms with Crippen molar-refractivity contribution in [2.45, 2.75) is 44.1 Å². The summed E-state index contributed by atoms with van der Waals surface area (Å²) in [4.78, 5) is 38.8. The normalized spacial score (nSPS) is 23.3. The fraction of sp³-hybridized carbons (Fsp3) is 0.421. The minimum Gasteiger partial charge on any atom is -0.461 e. The number of hydrogen-bond donors (Lipinski definition) is 4. The van der Waals surface area contributed by atoms with E-state index >= 15 is 0 Å². The molecule has 2 amide bonds. The minimum absolute atomic E-state index is 0.0373. The molecule has 5 atom stereocenters. The summed E-state index contributed by atoms with van der Waals surface area (Å²) < 4.78 is 16.6. The first kappa shape index (κ1) is 23.1. The third-order valence-corrected chi connectivity index (χ3v) is 4.62. The molecule has 1 aromatic carbocycles. The van der Waals surface area contributed by atoms with Gasteiger partial charge in [0.1, 0.15) is 43.9 Å². The van der Waals surface area contributed by atoms with Gasteiger partial charge >= 0.3 is 12.1 Å². The molecule has 0 radical (unpaired) electrons. The largest absolute Gasteiger partial charge is 0.461 e. The van der Waals surface area contributed by atoms with Crippen LogP contribution < -0.4 is 11.1 Å². The first-order valence-corrected chi connectivity index (χ1v) is 9.62. The summed E-state index contributed by atoms with van der Waals surface area (Å²) in [5.74, 6) is -1.96. The van der Waals surface area contributed by atoms with E-state index in [2.05, 4.69) is 15.4 Å². The SMILES string of the molecule is C[C@H](NC(=O)OCc1ccccc1)C(=O)OC[C@H]1O[C@@H](n2cnc(C(N)=O)n2)[C@H](O)C1O. The molecule has 0 aliphatic carbocycles. The van der Waals surface area contributed by atoms with Gasteiger partial charge in [-0.05, 0) is 12.5 Å². The van der Waals surface area contributed by atoms with Gasteiger partial charge in [0, 0.05) is 0 Å². The summed E-state index contributed by atoms with van der Waals surface area (Å²) in [6.07, 6.45) is -4.78. The van der Waals surface area contributed by atoms with Gasteiger partial charge in [0.05, 0.1) is 0 Å². The second-order valence-electron chi connectivity index (χ2n) is 7.02. The van der Waals surface area contributed by atoms with Crippen molar-refractivity contribution < 1.29 is 38.8 Å². The number of esters is 1. The van der Waals surface area contributed by atoms with Crippen molar-refractivity contribution in [3.05, 3.63) is 48.0 Å². The second-order valence-corrected chi connectivity index (χ2v) is 7.02. The number of ether oxygens (including phenoxy) is 3. The maximum atomic E-state index is 12.2. The van der Waals surface area contributed by atoms with Gasteiger partial charge in [0.15, 0.2) is 6.23 Å². The minimum atomic E-state index is -1.43. The summed E-state index contributed by atoms with van der Waals surface area (Å²) in [7, 11) is 0. The van der Waals surface area contributed by atoms with E-state index in [0.29, 0.717) is 0 Å². The van der Waals surface area contributed by atoms with Crippen molar-refractivity contribution >= 4 is 18.0 Å². The highest BCUT2D eigenvalue weighted by molar-refractivity contribution is 5.88. The summed E-state index contributed by atoms with van der Waals surface area (Å²) in [5.41, 5.74) is 5.87. The molecular formula is C19H23N5O8. The Morgan fingerprint density at radius 2 is 1.94 bits per heavy atom. The van der Waals surface area contributed by atoms with E-state index in [1.807, 2.05) is 6.07 Å². The Labute approximate surface area is 182 Å². The third-order valence-electron chi connectivity index (χ3n) is 4.62. The number of aromatic nitrogens is 3. The molecule has 2 aromatic rings. The highest BCUT2D eigenvalue weighted by atomic mass is 16.6. The van der Waals surface area contributed by atoms with E-state index in [1.54, 1.807) is 24.3 Å². The van der Waals surface area contributed by atoms with Crippen LogP contribution in [0.3, 0.4) is 0 Å². The van der Waals surface area contributed by atoms with Crippen molar-refractivity contribution in [1.82, 2.24) is 20.1 Å². The Morgan fingerprint density at radius 1 is 1.22 bits per heavy atom. The summed E-state index contributed by atoms with van der Waals surface area (Å²) in [5, 5.41) is 26.5. The molecule has 1 fully saturated rings. The average Bonchev–Trinajstić information content (AvgIpc) is 3.37. The highest BCUT2D eigenvalue weighted by Gasteiger charge is 2.45. The molecule has 5 N–H and O–H groups in total. The number of carbonyl (C=O) groups excluding carboxylic acids is 3. The number of carbonyl (C=O) groups is 3. The van der Waals surface area contributed by atoms with Gasteiger partial charge < -0.3 is 35.5 Å². The molecule has 13 nitrogen and oxygen atoms in total. The number of nitrogens with one attached hydrogen (secondary N) is 1. The van der Waals surface area contributed by atoms with E-state index in [1.165, 1.54) is 6.92 Å². The van der Waals surface area contributed by atoms with E-state index in [-0.39, 0.29) is 12.4 Å². The fourth-order valence-corrected chi connectivity index (χ4v) is 2.89. The number of hydrogen-bond acceptors (Lipinski definition) is 10. The molecule has 1 aliphatic heterocycles. The van der Waals surface area contributed by atoms with Crippen molar-refractivity contribution in [2.75, 3.05) is 6.61 Å². The Kier molecular flexibility index (Phi) is 7.35. The Hall–Kier alpha value is -3.55. The molecular weight excluding hydrogens is 426 g/mol. The average molecular weight is 449 g/mol. The van der Waals surface area contributed by atoms with Crippen LogP contribution in [0, 0.1) is 0 Å². The number of primary amides is 1. The van der Waals surface area contributed by atoms with E-state index in [9.17, 15) is 24.6 Å². The molecule has 1 aromatic heterocycles. The van der Waals surface area contributed by atoms with Crippen LogP contribution in [0.25, 0.3) is 0 Å². The Bertz CT molecular complexity index is 952. The first-order chi connectivity index (χ1) is 15.3. The first-order valence-electron chi connectivity index (χ1n) is 9.62. The Balaban J connectivity index is 1.46. The lowest BCUT2D eigenvalue weighted by molar-refractivity contribution is -0.152. The second kappa shape index (κ2) is 10.2. The van der Waals surface area contributed by atoms with Gasteiger partial charge in [0.25, 0.3) is 5.91 Å². The summed E-state index contributed by atoms with van der Waals surface area (Å²) >= 11 is 0. The lowest BCUT2D eigenvalue weighted by Crippen LogP contribution is -2.41. The standard InChI is InChI=1S/C19H23N5O8/c1-10(22-19(29)31-7-11-5-3-2-4-6-11)18(28)30-8-12-13(25)14(26)17(32-12)24-9-21-16(23-24)15(20)27/h2-6,9-10,12-14,17,25-26H,7-8H2,1H3,(H2,20,27)(H,22,29)/t10-,12+,13?,14+,17+/m0/s1. The van der Waals surface area contributed by atoms with Crippen molar-refractivity contribution in [1.29, 1.82) is 0 Å². The van der Waals surface area contributed by atoms with Gasteiger partial charge in [-0.15, -0.1) is 5.10 Å². The number of amides is 2. The van der Waals surface area contributed by atoms with Crippen LogP contribution in [0.2, 0.25) is 0 Å². The van der Waals surface area contributed by atoms with Gasteiger partial charge in [-0.2, -0.15) is 0 Å². The number of aliphatic hydroxyl groups excluding tert-OH is 2. The van der Waals surface area contributed by atoms with Crippen LogP contribution in [0.15, 0.2) is 36.7 Å². The van der Waals surface area contributed by atoms with Crippen LogP contribution in [-0.2, 0) is 25.6 Å². The molecule has 0 bridgehead atoms. The van der Waals surface area contributed by atoms with E-state index < -0.39 is 55.2 Å². The summed E-state index contributed by atoms with van der Waals surface area (Å²) in [6.45, 7) is 1.03. The molecule has 2 heterocycles. The van der Waals surface area contributed by atoms with Crippen LogP contribution in [0.4, 0.5) is 4.79 Å². The van der Waals surface area contributed by atoms with Gasteiger partial charge in [-0.3, -0.25) is 4.79 Å². The smallest absolute Gasteiger partial charge is 0.408 e. The molecule has 13 heteroatoms. The van der Waals surface area contributed by atoms with Crippen molar-refractivity contribution in [2.24, 2.45) is 5.73 Å². The number of benzene rings is 1. The molecule has 0 spiro atoms. The molecule has 1 saturated heterocycles. The monoisotopic (exact) mass is 449 g/mol. The zero-order chi connectivity index (χ0) is 23.3. The molecule has 32 heavy (non-hydrogen) atoms. The zero-order valence-electron chi connectivity index (χ0n) is 17.0. The van der Waals surface area contributed by atoms with Crippen molar-refractivity contribution in [3.8, 4) is 0 Å². The molecule has 0 saturated carbocycles.